The summed E-state index contributed by atoms with van der Waals surface area (Å²) in [5, 5.41) is 2.55. The second-order valence-electron chi connectivity index (χ2n) is 11.9. The number of carbonyl (C=O) groups is 2. The molecule has 11 nitrogen and oxygen atoms in total. The Labute approximate surface area is 291 Å². The Kier molecular flexibility index (Phi) is 12.6. The number of nitrogens with one attached hydrogen (secondary N) is 1. The van der Waals surface area contributed by atoms with Gasteiger partial charge in [-0.2, -0.15) is 0 Å². The Hall–Kier alpha value is -4.62. The van der Waals surface area contributed by atoms with Crippen molar-refractivity contribution in [2.24, 2.45) is 0 Å². The molecule has 6 rings (SSSR count). The van der Waals surface area contributed by atoms with Crippen molar-refractivity contribution in [1.82, 2.24) is 5.32 Å². The lowest BCUT2D eigenvalue weighted by Gasteiger charge is -2.49. The number of alkyl carbamates (subject to hydrolysis) is 1. The Morgan fingerprint density at radius 1 is 0.700 bits per heavy atom. The normalized spacial score (nSPS) is 23.6. The summed E-state index contributed by atoms with van der Waals surface area (Å²) in [6.45, 7) is 0.397. The van der Waals surface area contributed by atoms with Gasteiger partial charge in [0.25, 0.3) is 0 Å². The molecule has 0 saturated carbocycles. The summed E-state index contributed by atoms with van der Waals surface area (Å²) >= 11 is 0. The standard InChI is InChI=1S/C39H41NO10/c1-43-36(41)31(40-39(42)48-24-29-18-10-4-11-19-29)25-46-38-35(45-23-28-16-8-3-9-17-28)34(44-22-27-14-6-2-7-15-27)33-32(49-38)26-47-37(50-33)30-20-12-5-13-21-30/h2-21,31-35,37-38H,22-26H2,1H3,(H,40,42)/t31-,32+,33+,34-,35+,37?,38-/m0/s1. The number of benzene rings is 4. The molecular weight excluding hydrogens is 642 g/mol. The van der Waals surface area contributed by atoms with Gasteiger partial charge in [-0.05, 0) is 16.7 Å². The van der Waals surface area contributed by atoms with E-state index in [1.54, 1.807) is 0 Å². The summed E-state index contributed by atoms with van der Waals surface area (Å²) < 4.78 is 48.9. The number of hydrogen-bond acceptors (Lipinski definition) is 10. The largest absolute Gasteiger partial charge is 0.467 e. The average molecular weight is 684 g/mol. The highest BCUT2D eigenvalue weighted by Gasteiger charge is 2.52. The molecule has 4 aromatic carbocycles. The van der Waals surface area contributed by atoms with Crippen LogP contribution in [0, 0.1) is 0 Å². The second kappa shape index (κ2) is 17.9. The first kappa shape index (κ1) is 35.2. The van der Waals surface area contributed by atoms with Crippen LogP contribution in [0.5, 0.6) is 0 Å². The first-order chi connectivity index (χ1) is 24.6. The highest BCUT2D eigenvalue weighted by atomic mass is 16.8. The quantitative estimate of drug-likeness (QED) is 0.171. The van der Waals surface area contributed by atoms with E-state index in [0.29, 0.717) is 0 Å². The van der Waals surface area contributed by atoms with Gasteiger partial charge in [-0.3, -0.25) is 0 Å². The molecule has 1 N–H and O–H groups in total. The van der Waals surface area contributed by atoms with Gasteiger partial charge < -0.3 is 43.2 Å². The van der Waals surface area contributed by atoms with Crippen molar-refractivity contribution in [3.05, 3.63) is 144 Å². The molecule has 0 radical (unpaired) electrons. The molecule has 0 aromatic heterocycles. The molecule has 1 amide bonds. The van der Waals surface area contributed by atoms with Gasteiger partial charge in [0.2, 0.25) is 0 Å². The van der Waals surface area contributed by atoms with Crippen molar-refractivity contribution >= 4 is 12.1 Å². The van der Waals surface area contributed by atoms with Gasteiger partial charge in [0, 0.05) is 5.56 Å². The van der Waals surface area contributed by atoms with Crippen LogP contribution < -0.4 is 5.32 Å². The van der Waals surface area contributed by atoms with Crippen molar-refractivity contribution in [2.75, 3.05) is 20.3 Å². The molecule has 2 heterocycles. The number of methoxy groups -OCH3 is 1. The van der Waals surface area contributed by atoms with E-state index in [9.17, 15) is 9.59 Å². The predicted octanol–water partition coefficient (Wildman–Crippen LogP) is 5.48. The van der Waals surface area contributed by atoms with Crippen molar-refractivity contribution in [3.63, 3.8) is 0 Å². The lowest BCUT2D eigenvalue weighted by molar-refractivity contribution is -0.372. The second-order valence-corrected chi connectivity index (χ2v) is 11.9. The van der Waals surface area contributed by atoms with Gasteiger partial charge in [0.1, 0.15) is 31.0 Å². The fourth-order valence-corrected chi connectivity index (χ4v) is 5.77. The van der Waals surface area contributed by atoms with Gasteiger partial charge in [0.05, 0.1) is 33.5 Å². The summed E-state index contributed by atoms with van der Waals surface area (Å²) in [7, 11) is 1.23. The smallest absolute Gasteiger partial charge is 0.408 e. The zero-order valence-electron chi connectivity index (χ0n) is 27.7. The van der Waals surface area contributed by atoms with Crippen molar-refractivity contribution in [3.8, 4) is 0 Å². The fraction of sp³-hybridized carbons (Fsp3) is 0.333. The Balaban J connectivity index is 1.22. The van der Waals surface area contributed by atoms with Crippen molar-refractivity contribution < 1.29 is 47.5 Å². The number of hydrogen-bond donors (Lipinski definition) is 1. The van der Waals surface area contributed by atoms with Gasteiger partial charge in [-0.25, -0.2) is 9.59 Å². The molecule has 11 heteroatoms. The molecule has 2 saturated heterocycles. The van der Waals surface area contributed by atoms with E-state index in [2.05, 4.69) is 5.32 Å². The van der Waals surface area contributed by atoms with Gasteiger partial charge in [-0.1, -0.05) is 121 Å². The van der Waals surface area contributed by atoms with Crippen LogP contribution in [0.3, 0.4) is 0 Å². The van der Waals surface area contributed by atoms with Crippen LogP contribution in [0.25, 0.3) is 0 Å². The van der Waals surface area contributed by atoms with Crippen LogP contribution in [-0.2, 0) is 62.5 Å². The van der Waals surface area contributed by atoms with E-state index >= 15 is 0 Å². The van der Waals surface area contributed by atoms with E-state index in [1.807, 2.05) is 121 Å². The summed E-state index contributed by atoms with van der Waals surface area (Å²) in [5.41, 5.74) is 3.55. The average Bonchev–Trinajstić information content (AvgIpc) is 3.18. The van der Waals surface area contributed by atoms with Crippen molar-refractivity contribution in [2.45, 2.75) is 62.9 Å². The Bertz CT molecular complexity index is 1610. The molecule has 2 aliphatic heterocycles. The third-order valence-electron chi connectivity index (χ3n) is 8.34. The summed E-state index contributed by atoms with van der Waals surface area (Å²) in [5.74, 6) is -0.719. The molecule has 7 atom stereocenters. The molecule has 2 fully saturated rings. The molecule has 0 spiro atoms. The van der Waals surface area contributed by atoms with E-state index in [1.165, 1.54) is 7.11 Å². The molecular formula is C39H41NO10. The first-order valence-electron chi connectivity index (χ1n) is 16.5. The topological polar surface area (TPSA) is 120 Å². The first-order valence-corrected chi connectivity index (χ1v) is 16.5. The third kappa shape index (κ3) is 9.54. The molecule has 0 aliphatic carbocycles. The molecule has 4 aromatic rings. The number of rotatable bonds is 14. The maximum Gasteiger partial charge on any atom is 0.408 e. The SMILES string of the molecule is COC(=O)[C@H](CO[C@H]1O[C@@H]2COC(c3ccccc3)O[C@H]2[C@H](OCc2ccccc2)[C@H]1OCc1ccccc1)NC(=O)OCc1ccccc1. The highest BCUT2D eigenvalue weighted by Crippen LogP contribution is 2.37. The van der Waals surface area contributed by atoms with Crippen LogP contribution in [0.2, 0.25) is 0 Å². The number of amides is 1. The van der Waals surface area contributed by atoms with E-state index in [4.69, 9.17) is 37.9 Å². The minimum absolute atomic E-state index is 0.0238. The van der Waals surface area contributed by atoms with E-state index < -0.39 is 55.1 Å². The van der Waals surface area contributed by atoms with Crippen LogP contribution in [0.15, 0.2) is 121 Å². The number of esters is 1. The minimum atomic E-state index is -1.20. The summed E-state index contributed by atoms with van der Waals surface area (Å²) in [6.07, 6.45) is -5.20. The van der Waals surface area contributed by atoms with E-state index in [0.717, 1.165) is 22.3 Å². The van der Waals surface area contributed by atoms with Crippen molar-refractivity contribution in [1.29, 1.82) is 0 Å². The zero-order valence-corrected chi connectivity index (χ0v) is 27.7. The number of ether oxygens (including phenoxy) is 8. The molecule has 1 unspecified atom stereocenters. The number of carbonyl (C=O) groups excluding carboxylic acids is 2. The summed E-state index contributed by atoms with van der Waals surface area (Å²) in [4.78, 5) is 25.5. The lowest BCUT2D eigenvalue weighted by Crippen LogP contribution is -2.64. The summed E-state index contributed by atoms with van der Waals surface area (Å²) in [6, 6.07) is 37.1. The van der Waals surface area contributed by atoms with Crippen LogP contribution >= 0.6 is 0 Å². The lowest BCUT2D eigenvalue weighted by atomic mass is 9.97. The maximum absolute atomic E-state index is 12.8. The van der Waals surface area contributed by atoms with Gasteiger partial charge >= 0.3 is 12.1 Å². The van der Waals surface area contributed by atoms with E-state index in [-0.39, 0.29) is 33.0 Å². The highest BCUT2D eigenvalue weighted by molar-refractivity contribution is 5.81. The molecule has 50 heavy (non-hydrogen) atoms. The molecule has 262 valence electrons. The minimum Gasteiger partial charge on any atom is -0.467 e. The number of fused-ring (bicyclic) bond motifs is 1. The van der Waals surface area contributed by atoms with Crippen LogP contribution in [0.1, 0.15) is 28.5 Å². The Morgan fingerprint density at radius 2 is 1.24 bits per heavy atom. The fourth-order valence-electron chi connectivity index (χ4n) is 5.77. The molecule has 0 bridgehead atoms. The Morgan fingerprint density at radius 3 is 1.82 bits per heavy atom. The van der Waals surface area contributed by atoms with Gasteiger partial charge in [0.15, 0.2) is 18.6 Å². The molecule has 2 aliphatic rings. The maximum atomic E-state index is 12.8. The zero-order chi connectivity index (χ0) is 34.5. The van der Waals surface area contributed by atoms with Gasteiger partial charge in [-0.15, -0.1) is 0 Å². The third-order valence-corrected chi connectivity index (χ3v) is 8.34. The predicted molar refractivity (Wildman–Crippen MR) is 180 cm³/mol. The monoisotopic (exact) mass is 683 g/mol. The van der Waals surface area contributed by atoms with Crippen LogP contribution in [0.4, 0.5) is 4.79 Å². The van der Waals surface area contributed by atoms with Crippen LogP contribution in [-0.4, -0.2) is 69.1 Å².